The van der Waals surface area contributed by atoms with Gasteiger partial charge >= 0.3 is 0 Å². The fourth-order valence-electron chi connectivity index (χ4n) is 1.76. The van der Waals surface area contributed by atoms with Crippen LogP contribution in [0.3, 0.4) is 0 Å². The second kappa shape index (κ2) is 6.93. The van der Waals surface area contributed by atoms with Gasteiger partial charge in [-0.3, -0.25) is 0 Å². The van der Waals surface area contributed by atoms with E-state index in [1.54, 1.807) is 0 Å². The SMILES string of the molecule is C[C@H](N)c1cc(Br)ccc1OCCCC(C)(C)C#N. The zero-order chi connectivity index (χ0) is 14.5. The number of hydrogen-bond acceptors (Lipinski definition) is 3. The summed E-state index contributed by atoms with van der Waals surface area (Å²) < 4.78 is 6.78. The number of nitrogens with two attached hydrogens (primary N) is 1. The summed E-state index contributed by atoms with van der Waals surface area (Å²) in [6.07, 6.45) is 1.68. The summed E-state index contributed by atoms with van der Waals surface area (Å²) in [6.45, 7) is 6.43. The highest BCUT2D eigenvalue weighted by molar-refractivity contribution is 9.10. The average molecular weight is 325 g/mol. The van der Waals surface area contributed by atoms with Gasteiger partial charge in [-0.25, -0.2) is 0 Å². The standard InChI is InChI=1S/C15H21BrN2O/c1-11(18)13-9-12(16)5-6-14(13)19-8-4-7-15(2,3)10-17/h5-6,9,11H,4,7-8,18H2,1-3H3/t11-/m0/s1. The Morgan fingerprint density at radius 3 is 2.74 bits per heavy atom. The van der Waals surface area contributed by atoms with Crippen molar-refractivity contribution in [1.29, 1.82) is 5.26 Å². The molecule has 1 atom stereocenters. The van der Waals surface area contributed by atoms with Crippen molar-refractivity contribution in [2.45, 2.75) is 39.7 Å². The molecule has 0 radical (unpaired) electrons. The third-order valence-electron chi connectivity index (χ3n) is 2.97. The highest BCUT2D eigenvalue weighted by atomic mass is 79.9. The number of nitrogens with zero attached hydrogens (tertiary/aromatic N) is 1. The third kappa shape index (κ3) is 5.22. The smallest absolute Gasteiger partial charge is 0.124 e. The topological polar surface area (TPSA) is 59.0 Å². The maximum Gasteiger partial charge on any atom is 0.124 e. The molecule has 0 saturated carbocycles. The number of halogens is 1. The highest BCUT2D eigenvalue weighted by Gasteiger charge is 2.16. The van der Waals surface area contributed by atoms with E-state index in [1.165, 1.54) is 0 Å². The van der Waals surface area contributed by atoms with Crippen molar-refractivity contribution in [2.75, 3.05) is 6.61 Å². The fourth-order valence-corrected chi connectivity index (χ4v) is 2.14. The zero-order valence-electron chi connectivity index (χ0n) is 11.7. The van der Waals surface area contributed by atoms with E-state index in [0.717, 1.165) is 28.6 Å². The van der Waals surface area contributed by atoms with Crippen molar-refractivity contribution in [1.82, 2.24) is 0 Å². The lowest BCUT2D eigenvalue weighted by Gasteiger charge is -2.17. The van der Waals surface area contributed by atoms with Gasteiger partial charge in [0.05, 0.1) is 18.1 Å². The van der Waals surface area contributed by atoms with E-state index in [2.05, 4.69) is 22.0 Å². The quantitative estimate of drug-likeness (QED) is 0.798. The lowest BCUT2D eigenvalue weighted by molar-refractivity contribution is 0.281. The molecule has 1 rings (SSSR count). The Morgan fingerprint density at radius 1 is 1.47 bits per heavy atom. The van der Waals surface area contributed by atoms with Crippen LogP contribution in [0.2, 0.25) is 0 Å². The Balaban J connectivity index is 2.57. The maximum absolute atomic E-state index is 8.95. The van der Waals surface area contributed by atoms with Crippen molar-refractivity contribution in [2.24, 2.45) is 11.1 Å². The predicted molar refractivity (Wildman–Crippen MR) is 80.9 cm³/mol. The van der Waals surface area contributed by atoms with Crippen LogP contribution in [0, 0.1) is 16.7 Å². The van der Waals surface area contributed by atoms with Crippen LogP contribution >= 0.6 is 15.9 Å². The normalized spacial score (nSPS) is 12.8. The second-order valence-electron chi connectivity index (χ2n) is 5.42. The number of hydrogen-bond donors (Lipinski definition) is 1. The van der Waals surface area contributed by atoms with Gasteiger partial charge in [-0.2, -0.15) is 5.26 Å². The van der Waals surface area contributed by atoms with Crippen LogP contribution in [0.4, 0.5) is 0 Å². The molecule has 0 unspecified atom stereocenters. The van der Waals surface area contributed by atoms with Gasteiger partial charge in [0.1, 0.15) is 5.75 Å². The number of rotatable bonds is 6. The van der Waals surface area contributed by atoms with Crippen molar-refractivity contribution >= 4 is 15.9 Å². The van der Waals surface area contributed by atoms with Gasteiger partial charge in [0.2, 0.25) is 0 Å². The average Bonchev–Trinajstić information content (AvgIpc) is 2.36. The third-order valence-corrected chi connectivity index (χ3v) is 3.46. The van der Waals surface area contributed by atoms with Gasteiger partial charge < -0.3 is 10.5 Å². The molecule has 0 aliphatic carbocycles. The molecular weight excluding hydrogens is 304 g/mol. The largest absolute Gasteiger partial charge is 0.493 e. The van der Waals surface area contributed by atoms with E-state index >= 15 is 0 Å². The summed E-state index contributed by atoms with van der Waals surface area (Å²) in [5.41, 5.74) is 6.64. The van der Waals surface area contributed by atoms with Crippen LogP contribution in [0.15, 0.2) is 22.7 Å². The maximum atomic E-state index is 8.95. The molecule has 0 saturated heterocycles. The molecule has 2 N–H and O–H groups in total. The minimum Gasteiger partial charge on any atom is -0.493 e. The molecule has 1 aromatic carbocycles. The summed E-state index contributed by atoms with van der Waals surface area (Å²) >= 11 is 3.43. The molecule has 3 nitrogen and oxygen atoms in total. The molecule has 4 heteroatoms. The first-order valence-electron chi connectivity index (χ1n) is 6.45. The van der Waals surface area contributed by atoms with Crippen LogP contribution < -0.4 is 10.5 Å². The molecule has 0 bridgehead atoms. The van der Waals surface area contributed by atoms with Crippen LogP contribution in [0.5, 0.6) is 5.75 Å². The van der Waals surface area contributed by atoms with E-state index in [9.17, 15) is 0 Å². The molecule has 0 aliphatic rings. The van der Waals surface area contributed by atoms with E-state index in [1.807, 2.05) is 39.0 Å². The van der Waals surface area contributed by atoms with Gasteiger partial charge in [0.15, 0.2) is 0 Å². The summed E-state index contributed by atoms with van der Waals surface area (Å²) in [4.78, 5) is 0. The molecule has 1 aromatic rings. The zero-order valence-corrected chi connectivity index (χ0v) is 13.3. The van der Waals surface area contributed by atoms with E-state index in [0.29, 0.717) is 6.61 Å². The molecule has 19 heavy (non-hydrogen) atoms. The molecule has 104 valence electrons. The Labute approximate surface area is 123 Å². The lowest BCUT2D eigenvalue weighted by Crippen LogP contribution is -2.12. The summed E-state index contributed by atoms with van der Waals surface area (Å²) in [6, 6.07) is 8.09. The van der Waals surface area contributed by atoms with Gasteiger partial charge in [-0.15, -0.1) is 0 Å². The van der Waals surface area contributed by atoms with E-state index in [-0.39, 0.29) is 11.5 Å². The van der Waals surface area contributed by atoms with Crippen molar-refractivity contribution in [3.05, 3.63) is 28.2 Å². The molecule has 0 heterocycles. The number of nitriles is 1. The molecule has 0 aliphatic heterocycles. The summed E-state index contributed by atoms with van der Waals surface area (Å²) in [7, 11) is 0. The molecule has 0 fully saturated rings. The van der Waals surface area contributed by atoms with Crippen LogP contribution in [0.1, 0.15) is 45.2 Å². The number of ether oxygens (including phenoxy) is 1. The lowest BCUT2D eigenvalue weighted by atomic mass is 9.90. The van der Waals surface area contributed by atoms with Gasteiger partial charge in [0.25, 0.3) is 0 Å². The Kier molecular flexibility index (Phi) is 5.84. The predicted octanol–water partition coefficient (Wildman–Crippen LogP) is 4.18. The van der Waals surface area contributed by atoms with E-state index in [4.69, 9.17) is 15.7 Å². The van der Waals surface area contributed by atoms with Crippen LogP contribution in [0.25, 0.3) is 0 Å². The monoisotopic (exact) mass is 324 g/mol. The molecule has 0 amide bonds. The van der Waals surface area contributed by atoms with Gasteiger partial charge in [-0.05, 0) is 51.8 Å². The first-order chi connectivity index (χ1) is 8.85. The van der Waals surface area contributed by atoms with Gasteiger partial charge in [0, 0.05) is 16.1 Å². The Hall–Kier alpha value is -1.05. The highest BCUT2D eigenvalue weighted by Crippen LogP contribution is 2.28. The minimum atomic E-state index is -0.285. The second-order valence-corrected chi connectivity index (χ2v) is 6.33. The number of benzene rings is 1. The minimum absolute atomic E-state index is 0.0666. The first kappa shape index (κ1) is 16.0. The molecule has 0 aromatic heterocycles. The van der Waals surface area contributed by atoms with E-state index < -0.39 is 0 Å². The Bertz CT molecular complexity index is 464. The fraction of sp³-hybridized carbons (Fsp3) is 0.533. The Morgan fingerprint density at radius 2 is 2.16 bits per heavy atom. The van der Waals surface area contributed by atoms with Crippen LogP contribution in [-0.2, 0) is 0 Å². The summed E-state index contributed by atoms with van der Waals surface area (Å²) in [5.74, 6) is 0.827. The van der Waals surface area contributed by atoms with Gasteiger partial charge in [-0.1, -0.05) is 15.9 Å². The van der Waals surface area contributed by atoms with Crippen molar-refractivity contribution in [3.8, 4) is 11.8 Å². The molecule has 0 spiro atoms. The van der Waals surface area contributed by atoms with Crippen molar-refractivity contribution in [3.63, 3.8) is 0 Å². The molecular formula is C15H21BrN2O. The first-order valence-corrected chi connectivity index (χ1v) is 7.24. The van der Waals surface area contributed by atoms with Crippen molar-refractivity contribution < 1.29 is 4.74 Å². The summed E-state index contributed by atoms with van der Waals surface area (Å²) in [5, 5.41) is 8.95. The van der Waals surface area contributed by atoms with Crippen LogP contribution in [-0.4, -0.2) is 6.61 Å².